The summed E-state index contributed by atoms with van der Waals surface area (Å²) in [7, 11) is 1.81. The van der Waals surface area contributed by atoms with Crippen LogP contribution in [0.1, 0.15) is 6.92 Å². The van der Waals surface area contributed by atoms with Gasteiger partial charge in [0.2, 0.25) is 0 Å². The first-order chi connectivity index (χ1) is 15.5. The molecule has 0 saturated carbocycles. The first kappa shape index (κ1) is 21.6. The van der Waals surface area contributed by atoms with Gasteiger partial charge < -0.3 is 20.5 Å². The van der Waals surface area contributed by atoms with Crippen LogP contribution in [0.15, 0.2) is 88.5 Å². The smallest absolute Gasteiger partial charge is 0.258 e. The standard InChI is InChI=1S/C25H24BrN5O/c1-4-31-23-14-24(27-3)28-15-17(23)12-21(25(31)32)20-13-19(10-11-22(20)26)30-16(2)29-18-8-6-5-7-9-18/h5-15,29-30H,2,4H2,1,3H3,(H,27,28). The highest BCUT2D eigenvalue weighted by Crippen LogP contribution is 2.31. The second kappa shape index (κ2) is 9.28. The molecule has 0 fully saturated rings. The monoisotopic (exact) mass is 489 g/mol. The maximum absolute atomic E-state index is 13.4. The molecular weight excluding hydrogens is 466 g/mol. The Morgan fingerprint density at radius 3 is 2.50 bits per heavy atom. The number of benzene rings is 2. The highest BCUT2D eigenvalue weighted by atomic mass is 79.9. The fourth-order valence-electron chi connectivity index (χ4n) is 3.63. The number of hydrogen-bond acceptors (Lipinski definition) is 5. The number of para-hydroxylation sites is 1. The maximum Gasteiger partial charge on any atom is 0.258 e. The highest BCUT2D eigenvalue weighted by molar-refractivity contribution is 9.10. The molecule has 4 aromatic rings. The van der Waals surface area contributed by atoms with Gasteiger partial charge in [0.05, 0.1) is 5.52 Å². The van der Waals surface area contributed by atoms with Crippen molar-refractivity contribution in [2.24, 2.45) is 0 Å². The molecule has 2 aromatic heterocycles. The van der Waals surface area contributed by atoms with Crippen molar-refractivity contribution in [3.63, 3.8) is 0 Å². The number of anilines is 3. The zero-order chi connectivity index (χ0) is 22.7. The van der Waals surface area contributed by atoms with E-state index in [1.807, 2.05) is 74.6 Å². The molecule has 0 spiro atoms. The third-order valence-corrected chi connectivity index (χ3v) is 5.86. The van der Waals surface area contributed by atoms with E-state index in [2.05, 4.69) is 43.4 Å². The first-order valence-corrected chi connectivity index (χ1v) is 11.1. The Balaban J connectivity index is 1.73. The van der Waals surface area contributed by atoms with Crippen molar-refractivity contribution < 1.29 is 0 Å². The predicted molar refractivity (Wildman–Crippen MR) is 137 cm³/mol. The molecule has 0 amide bonds. The lowest BCUT2D eigenvalue weighted by molar-refractivity contribution is 0.761. The van der Waals surface area contributed by atoms with Gasteiger partial charge >= 0.3 is 0 Å². The van der Waals surface area contributed by atoms with Crippen molar-refractivity contribution in [2.75, 3.05) is 23.0 Å². The lowest BCUT2D eigenvalue weighted by Crippen LogP contribution is -2.21. The summed E-state index contributed by atoms with van der Waals surface area (Å²) in [6, 6.07) is 19.4. The van der Waals surface area contributed by atoms with Crippen molar-refractivity contribution in [3.8, 4) is 11.1 Å². The van der Waals surface area contributed by atoms with E-state index >= 15 is 0 Å². The molecule has 2 heterocycles. The lowest BCUT2D eigenvalue weighted by atomic mass is 10.0. The molecule has 162 valence electrons. The predicted octanol–water partition coefficient (Wildman–Crippen LogP) is 5.88. The van der Waals surface area contributed by atoms with Gasteiger partial charge in [0.15, 0.2) is 0 Å². The van der Waals surface area contributed by atoms with E-state index in [0.29, 0.717) is 17.9 Å². The molecule has 0 aliphatic carbocycles. The van der Waals surface area contributed by atoms with Crippen LogP contribution in [-0.4, -0.2) is 16.6 Å². The van der Waals surface area contributed by atoms with Crippen LogP contribution in [0.4, 0.5) is 17.2 Å². The minimum Gasteiger partial charge on any atom is -0.373 e. The topological polar surface area (TPSA) is 71.0 Å². The molecule has 4 rings (SSSR count). The van der Waals surface area contributed by atoms with Gasteiger partial charge in [-0.05, 0) is 43.3 Å². The van der Waals surface area contributed by atoms with Gasteiger partial charge in [0.1, 0.15) is 11.6 Å². The summed E-state index contributed by atoms with van der Waals surface area (Å²) in [4.78, 5) is 17.8. The Morgan fingerprint density at radius 1 is 1.03 bits per heavy atom. The van der Waals surface area contributed by atoms with Gasteiger partial charge in [-0.2, -0.15) is 0 Å². The van der Waals surface area contributed by atoms with Crippen molar-refractivity contribution >= 4 is 44.0 Å². The molecule has 6 nitrogen and oxygen atoms in total. The minimum atomic E-state index is -0.0488. The molecule has 0 unspecified atom stereocenters. The molecule has 0 bridgehead atoms. The number of pyridine rings is 2. The van der Waals surface area contributed by atoms with E-state index in [1.165, 1.54) is 0 Å². The second-order valence-corrected chi connectivity index (χ2v) is 8.13. The molecule has 32 heavy (non-hydrogen) atoms. The third kappa shape index (κ3) is 4.38. The Labute approximate surface area is 195 Å². The summed E-state index contributed by atoms with van der Waals surface area (Å²) in [6.45, 7) is 6.59. The number of nitrogens with one attached hydrogen (secondary N) is 3. The van der Waals surface area contributed by atoms with Crippen LogP contribution in [0.25, 0.3) is 22.0 Å². The van der Waals surface area contributed by atoms with Gasteiger partial charge in [0.25, 0.3) is 5.56 Å². The molecule has 0 atom stereocenters. The molecule has 7 heteroatoms. The Bertz CT molecular complexity index is 1350. The van der Waals surface area contributed by atoms with E-state index in [4.69, 9.17) is 0 Å². The molecule has 2 aromatic carbocycles. The fourth-order valence-corrected chi connectivity index (χ4v) is 4.09. The maximum atomic E-state index is 13.4. The quantitative estimate of drug-likeness (QED) is 0.302. The van der Waals surface area contributed by atoms with Gasteiger partial charge in [-0.1, -0.05) is 40.7 Å². The van der Waals surface area contributed by atoms with Gasteiger partial charge in [-0.25, -0.2) is 4.98 Å². The average Bonchev–Trinajstić information content (AvgIpc) is 2.80. The summed E-state index contributed by atoms with van der Waals surface area (Å²) in [5.41, 5.74) is 3.97. The lowest BCUT2D eigenvalue weighted by Gasteiger charge is -2.16. The molecule has 0 aliphatic rings. The number of nitrogens with zero attached hydrogens (tertiary/aromatic N) is 2. The highest BCUT2D eigenvalue weighted by Gasteiger charge is 2.14. The Kier molecular flexibility index (Phi) is 6.28. The van der Waals surface area contributed by atoms with Crippen molar-refractivity contribution in [2.45, 2.75) is 13.5 Å². The number of hydrogen-bond donors (Lipinski definition) is 3. The average molecular weight is 490 g/mol. The minimum absolute atomic E-state index is 0.0488. The van der Waals surface area contributed by atoms with Crippen molar-refractivity contribution in [1.29, 1.82) is 0 Å². The van der Waals surface area contributed by atoms with Crippen LogP contribution in [0.2, 0.25) is 0 Å². The van der Waals surface area contributed by atoms with Crippen LogP contribution in [0.3, 0.4) is 0 Å². The first-order valence-electron chi connectivity index (χ1n) is 10.3. The zero-order valence-electron chi connectivity index (χ0n) is 17.9. The van der Waals surface area contributed by atoms with Gasteiger partial charge in [0, 0.05) is 58.2 Å². The van der Waals surface area contributed by atoms with Gasteiger partial charge in [-0.3, -0.25) is 4.79 Å². The van der Waals surface area contributed by atoms with E-state index in [-0.39, 0.29) is 5.56 Å². The van der Waals surface area contributed by atoms with E-state index in [9.17, 15) is 4.79 Å². The summed E-state index contributed by atoms with van der Waals surface area (Å²) in [6.07, 6.45) is 1.79. The Morgan fingerprint density at radius 2 is 1.78 bits per heavy atom. The largest absolute Gasteiger partial charge is 0.373 e. The molecule has 3 N–H and O–H groups in total. The van der Waals surface area contributed by atoms with Crippen LogP contribution < -0.4 is 21.5 Å². The fraction of sp³-hybridized carbons (Fsp3) is 0.120. The van der Waals surface area contributed by atoms with Crippen LogP contribution in [0.5, 0.6) is 0 Å². The summed E-state index contributed by atoms with van der Waals surface area (Å²) in [5.74, 6) is 1.36. The molecule has 0 radical (unpaired) electrons. The number of aromatic nitrogens is 2. The van der Waals surface area contributed by atoms with Crippen LogP contribution in [-0.2, 0) is 6.54 Å². The van der Waals surface area contributed by atoms with Crippen molar-refractivity contribution in [1.82, 2.24) is 9.55 Å². The summed E-state index contributed by atoms with van der Waals surface area (Å²) in [5, 5.41) is 10.4. The van der Waals surface area contributed by atoms with Gasteiger partial charge in [-0.15, -0.1) is 0 Å². The SMILES string of the molecule is C=C(Nc1ccccc1)Nc1ccc(Br)c(-c2cc3cnc(NC)cc3n(CC)c2=O)c1. The zero-order valence-corrected chi connectivity index (χ0v) is 19.5. The number of halogens is 1. The summed E-state index contributed by atoms with van der Waals surface area (Å²) >= 11 is 3.62. The summed E-state index contributed by atoms with van der Waals surface area (Å²) < 4.78 is 2.61. The molecule has 0 saturated heterocycles. The van der Waals surface area contributed by atoms with E-state index < -0.39 is 0 Å². The number of rotatable bonds is 7. The van der Waals surface area contributed by atoms with E-state index in [0.717, 1.165) is 38.1 Å². The van der Waals surface area contributed by atoms with Crippen molar-refractivity contribution in [3.05, 3.63) is 94.1 Å². The van der Waals surface area contributed by atoms with Crippen LogP contribution in [0, 0.1) is 0 Å². The van der Waals surface area contributed by atoms with E-state index in [1.54, 1.807) is 10.8 Å². The number of aryl methyl sites for hydroxylation is 1. The second-order valence-electron chi connectivity index (χ2n) is 7.27. The number of fused-ring (bicyclic) bond motifs is 1. The Hall–Kier alpha value is -3.58. The normalized spacial score (nSPS) is 10.7. The molecular formula is C25H24BrN5O. The molecule has 0 aliphatic heterocycles. The third-order valence-electron chi connectivity index (χ3n) is 5.17. The van der Waals surface area contributed by atoms with Crippen LogP contribution >= 0.6 is 15.9 Å².